The molecule has 4 nitrogen and oxygen atoms in total. The van der Waals surface area contributed by atoms with Crippen LogP contribution in [0, 0.1) is 13.8 Å². The van der Waals surface area contributed by atoms with Crippen molar-refractivity contribution in [2.45, 2.75) is 13.8 Å². The van der Waals surface area contributed by atoms with Gasteiger partial charge in [-0.1, -0.05) is 41.9 Å². The van der Waals surface area contributed by atoms with E-state index in [0.29, 0.717) is 28.3 Å². The van der Waals surface area contributed by atoms with E-state index in [2.05, 4.69) is 15.0 Å². The van der Waals surface area contributed by atoms with Crippen molar-refractivity contribution < 1.29 is 4.42 Å². The molecule has 0 spiro atoms. The lowest BCUT2D eigenvalue weighted by Crippen LogP contribution is -1.81. The molecule has 0 amide bonds. The maximum atomic E-state index is 6.21. The Morgan fingerprint density at radius 2 is 1.84 bits per heavy atom. The average molecular weight is 274 g/mol. The molecule has 1 N–H and O–H groups in total. The number of nitrogens with one attached hydrogen (secondary N) is 1. The summed E-state index contributed by atoms with van der Waals surface area (Å²) < 4.78 is 5.54. The summed E-state index contributed by atoms with van der Waals surface area (Å²) in [5.41, 5.74) is 2.47. The summed E-state index contributed by atoms with van der Waals surface area (Å²) >= 11 is 6.21. The Hall–Kier alpha value is -2.07. The van der Waals surface area contributed by atoms with Crippen LogP contribution in [0.2, 0.25) is 5.15 Å². The summed E-state index contributed by atoms with van der Waals surface area (Å²) in [5, 5.41) is 0.495. The smallest absolute Gasteiger partial charge is 0.192 e. The highest BCUT2D eigenvalue weighted by molar-refractivity contribution is 6.32. The van der Waals surface area contributed by atoms with Crippen LogP contribution in [0.3, 0.4) is 0 Å². The highest BCUT2D eigenvalue weighted by Crippen LogP contribution is 2.30. The quantitative estimate of drug-likeness (QED) is 0.768. The third-order valence-corrected chi connectivity index (χ3v) is 3.10. The molecule has 3 rings (SSSR count). The van der Waals surface area contributed by atoms with Gasteiger partial charge in [-0.05, 0) is 6.92 Å². The number of hydrogen-bond donors (Lipinski definition) is 1. The van der Waals surface area contributed by atoms with Gasteiger partial charge in [-0.15, -0.1) is 0 Å². The molecule has 0 bridgehead atoms. The van der Waals surface area contributed by atoms with E-state index in [1.165, 1.54) is 0 Å². The van der Waals surface area contributed by atoms with Crippen molar-refractivity contribution in [2.75, 3.05) is 0 Å². The van der Waals surface area contributed by atoms with Gasteiger partial charge in [0, 0.05) is 12.5 Å². The molecule has 19 heavy (non-hydrogen) atoms. The highest BCUT2D eigenvalue weighted by atomic mass is 35.5. The van der Waals surface area contributed by atoms with E-state index in [9.17, 15) is 0 Å². The fourth-order valence-corrected chi connectivity index (χ4v) is 2.24. The van der Waals surface area contributed by atoms with Crippen molar-refractivity contribution in [2.24, 2.45) is 0 Å². The van der Waals surface area contributed by atoms with Crippen molar-refractivity contribution in [3.05, 3.63) is 47.1 Å². The van der Waals surface area contributed by atoms with Gasteiger partial charge < -0.3 is 9.40 Å². The third kappa shape index (κ3) is 2.15. The van der Waals surface area contributed by atoms with Crippen molar-refractivity contribution in [3.8, 4) is 22.8 Å². The first-order chi connectivity index (χ1) is 9.15. The van der Waals surface area contributed by atoms with Crippen LogP contribution in [0.15, 0.2) is 34.7 Å². The summed E-state index contributed by atoms with van der Waals surface area (Å²) in [6.45, 7) is 3.68. The van der Waals surface area contributed by atoms with Gasteiger partial charge in [0.05, 0.1) is 5.69 Å². The monoisotopic (exact) mass is 273 g/mol. The van der Waals surface area contributed by atoms with Crippen molar-refractivity contribution in [1.29, 1.82) is 0 Å². The number of rotatable bonds is 2. The van der Waals surface area contributed by atoms with Gasteiger partial charge in [-0.25, -0.2) is 9.97 Å². The average Bonchev–Trinajstić information content (AvgIpc) is 2.93. The van der Waals surface area contributed by atoms with Gasteiger partial charge in [0.2, 0.25) is 0 Å². The third-order valence-electron chi connectivity index (χ3n) is 2.83. The van der Waals surface area contributed by atoms with E-state index in [4.69, 9.17) is 16.0 Å². The minimum Gasteiger partial charge on any atom is -0.437 e. The van der Waals surface area contributed by atoms with Crippen LogP contribution in [0.4, 0.5) is 0 Å². The molecular formula is C14H12ClN3O. The standard InChI is InChI=1S/C14H12ClN3O/c1-8-12(19-9(2)16-8)14-17-11(13(15)18-14)10-6-4-3-5-7-10/h3-7H,1-2H3,(H,17,18). The summed E-state index contributed by atoms with van der Waals surface area (Å²) in [5.74, 6) is 1.84. The second kappa shape index (κ2) is 4.55. The van der Waals surface area contributed by atoms with Crippen LogP contribution in [0.25, 0.3) is 22.8 Å². The maximum Gasteiger partial charge on any atom is 0.192 e. The SMILES string of the molecule is Cc1nc(C)c(-c2nc(-c3ccccc3)c(Cl)[nH]2)o1. The molecule has 0 radical (unpaired) electrons. The minimum atomic E-state index is 0.495. The molecule has 0 fully saturated rings. The Morgan fingerprint density at radius 1 is 1.11 bits per heavy atom. The van der Waals surface area contributed by atoms with Crippen molar-refractivity contribution in [1.82, 2.24) is 15.0 Å². The van der Waals surface area contributed by atoms with Gasteiger partial charge in [0.15, 0.2) is 17.5 Å². The predicted octanol–water partition coefficient (Wildman–Crippen LogP) is 4.00. The zero-order chi connectivity index (χ0) is 13.4. The lowest BCUT2D eigenvalue weighted by molar-refractivity contribution is 0.531. The van der Waals surface area contributed by atoms with Crippen LogP contribution < -0.4 is 0 Å². The number of benzene rings is 1. The number of nitrogens with zero attached hydrogens (tertiary/aromatic N) is 2. The number of H-pyrrole nitrogens is 1. The topological polar surface area (TPSA) is 54.7 Å². The molecule has 0 unspecified atom stereocenters. The first-order valence-electron chi connectivity index (χ1n) is 5.90. The Labute approximate surface area is 115 Å². The molecule has 2 heterocycles. The summed E-state index contributed by atoms with van der Waals surface area (Å²) in [6.07, 6.45) is 0. The number of aryl methyl sites for hydroxylation is 2. The van der Waals surface area contributed by atoms with Gasteiger partial charge in [-0.3, -0.25) is 0 Å². The molecule has 3 aromatic rings. The summed E-state index contributed by atoms with van der Waals surface area (Å²) in [4.78, 5) is 11.8. The molecule has 0 atom stereocenters. The predicted molar refractivity (Wildman–Crippen MR) is 74.0 cm³/mol. The molecule has 0 aliphatic rings. The Morgan fingerprint density at radius 3 is 2.47 bits per heavy atom. The molecule has 0 saturated carbocycles. The van der Waals surface area contributed by atoms with Gasteiger partial charge in [0.25, 0.3) is 0 Å². The van der Waals surface area contributed by atoms with E-state index in [1.807, 2.05) is 37.3 Å². The Bertz CT molecular complexity index is 716. The molecule has 96 valence electrons. The van der Waals surface area contributed by atoms with E-state index in [0.717, 1.165) is 11.3 Å². The Balaban J connectivity index is 2.10. The molecule has 2 aromatic heterocycles. The second-order valence-corrected chi connectivity index (χ2v) is 4.64. The lowest BCUT2D eigenvalue weighted by Gasteiger charge is -1.95. The summed E-state index contributed by atoms with van der Waals surface area (Å²) in [6, 6.07) is 9.78. The fraction of sp³-hybridized carbons (Fsp3) is 0.143. The zero-order valence-corrected chi connectivity index (χ0v) is 11.3. The van der Waals surface area contributed by atoms with Crippen molar-refractivity contribution >= 4 is 11.6 Å². The number of hydrogen-bond acceptors (Lipinski definition) is 3. The molecule has 5 heteroatoms. The number of imidazole rings is 1. The van der Waals surface area contributed by atoms with E-state index in [1.54, 1.807) is 6.92 Å². The van der Waals surface area contributed by atoms with E-state index >= 15 is 0 Å². The van der Waals surface area contributed by atoms with E-state index < -0.39 is 0 Å². The fourth-order valence-electron chi connectivity index (χ4n) is 2.00. The van der Waals surface area contributed by atoms with Gasteiger partial charge in [-0.2, -0.15) is 0 Å². The molecule has 0 aliphatic carbocycles. The zero-order valence-electron chi connectivity index (χ0n) is 10.6. The second-order valence-electron chi connectivity index (χ2n) is 4.26. The molecule has 0 aliphatic heterocycles. The van der Waals surface area contributed by atoms with Crippen LogP contribution in [-0.2, 0) is 0 Å². The lowest BCUT2D eigenvalue weighted by atomic mass is 10.2. The van der Waals surface area contributed by atoms with Crippen LogP contribution in [0.5, 0.6) is 0 Å². The molecule has 1 aromatic carbocycles. The van der Waals surface area contributed by atoms with Crippen molar-refractivity contribution in [3.63, 3.8) is 0 Å². The minimum absolute atomic E-state index is 0.495. The highest BCUT2D eigenvalue weighted by Gasteiger charge is 2.17. The number of aromatic amines is 1. The molecular weight excluding hydrogens is 262 g/mol. The Kier molecular flexibility index (Phi) is 2.87. The largest absolute Gasteiger partial charge is 0.437 e. The number of halogens is 1. The van der Waals surface area contributed by atoms with Crippen LogP contribution >= 0.6 is 11.6 Å². The number of aromatic nitrogens is 3. The van der Waals surface area contributed by atoms with E-state index in [-0.39, 0.29) is 0 Å². The normalized spacial score (nSPS) is 10.9. The van der Waals surface area contributed by atoms with Gasteiger partial charge >= 0.3 is 0 Å². The summed E-state index contributed by atoms with van der Waals surface area (Å²) in [7, 11) is 0. The van der Waals surface area contributed by atoms with Crippen LogP contribution in [-0.4, -0.2) is 15.0 Å². The van der Waals surface area contributed by atoms with Crippen LogP contribution in [0.1, 0.15) is 11.6 Å². The molecule has 0 saturated heterocycles. The van der Waals surface area contributed by atoms with Gasteiger partial charge in [0.1, 0.15) is 10.8 Å². The maximum absolute atomic E-state index is 6.21. The first-order valence-corrected chi connectivity index (χ1v) is 6.28. The number of oxazole rings is 1. The first kappa shape index (κ1) is 12.0.